The van der Waals surface area contributed by atoms with Gasteiger partial charge in [0.25, 0.3) is 0 Å². The molecule has 0 unspecified atom stereocenters. The second kappa shape index (κ2) is 5.56. The van der Waals surface area contributed by atoms with Crippen LogP contribution in [0, 0.1) is 0 Å². The van der Waals surface area contributed by atoms with E-state index in [1.807, 2.05) is 30.3 Å². The van der Waals surface area contributed by atoms with Gasteiger partial charge in [-0.1, -0.05) is 30.3 Å². The molecule has 1 aliphatic rings. The fourth-order valence-electron chi connectivity index (χ4n) is 2.33. The van der Waals surface area contributed by atoms with E-state index in [-0.39, 0.29) is 6.10 Å². The van der Waals surface area contributed by atoms with E-state index >= 15 is 0 Å². The van der Waals surface area contributed by atoms with Gasteiger partial charge in [-0.3, -0.25) is 4.90 Å². The highest BCUT2D eigenvalue weighted by molar-refractivity contribution is 5.14. The summed E-state index contributed by atoms with van der Waals surface area (Å²) in [5.74, 6) is 0. The zero-order valence-electron chi connectivity index (χ0n) is 9.85. The lowest BCUT2D eigenvalue weighted by atomic mass is 10.2. The van der Waals surface area contributed by atoms with Gasteiger partial charge in [0.1, 0.15) is 0 Å². The van der Waals surface area contributed by atoms with E-state index in [9.17, 15) is 8.78 Å². The van der Waals surface area contributed by atoms with Gasteiger partial charge < -0.3 is 4.74 Å². The summed E-state index contributed by atoms with van der Waals surface area (Å²) in [6, 6.07) is 10.3. The second-order valence-corrected chi connectivity index (χ2v) is 4.52. The minimum Gasteiger partial charge on any atom is -0.318 e. The molecule has 0 spiro atoms. The summed E-state index contributed by atoms with van der Waals surface area (Å²) in [4.78, 5) is 2.18. The molecule has 0 bridgehead atoms. The lowest BCUT2D eigenvalue weighted by Crippen LogP contribution is -2.27. The molecular weight excluding hydrogens is 224 g/mol. The van der Waals surface area contributed by atoms with Crippen LogP contribution in [0.5, 0.6) is 0 Å². The number of rotatable bonds is 4. The van der Waals surface area contributed by atoms with Gasteiger partial charge in [0, 0.05) is 19.1 Å². The Morgan fingerprint density at radius 3 is 2.71 bits per heavy atom. The van der Waals surface area contributed by atoms with E-state index < -0.39 is 6.61 Å². The average Bonchev–Trinajstić information content (AvgIpc) is 2.59. The van der Waals surface area contributed by atoms with Crippen LogP contribution in [0.2, 0.25) is 0 Å². The highest BCUT2D eigenvalue weighted by Crippen LogP contribution is 2.23. The fraction of sp³-hybridized carbons (Fsp3) is 0.538. The van der Waals surface area contributed by atoms with E-state index in [1.54, 1.807) is 0 Å². The molecule has 0 N–H and O–H groups in total. The predicted molar refractivity (Wildman–Crippen MR) is 61.8 cm³/mol. The second-order valence-electron chi connectivity index (χ2n) is 4.52. The van der Waals surface area contributed by atoms with Crippen LogP contribution in [-0.2, 0) is 11.3 Å². The van der Waals surface area contributed by atoms with Crippen molar-refractivity contribution < 1.29 is 13.5 Å². The topological polar surface area (TPSA) is 12.5 Å². The molecule has 0 aromatic heterocycles. The molecule has 0 amide bonds. The summed E-state index contributed by atoms with van der Waals surface area (Å²) in [6.45, 7) is 0.771. The zero-order chi connectivity index (χ0) is 12.3. The summed E-state index contributed by atoms with van der Waals surface area (Å²) in [5.41, 5.74) is 1.21. The van der Waals surface area contributed by atoms with Gasteiger partial charge in [0.15, 0.2) is 0 Å². The van der Waals surface area contributed by atoms with Crippen LogP contribution >= 0.6 is 0 Å². The maximum Gasteiger partial charge on any atom is 0.345 e. The number of halogens is 2. The molecule has 4 heteroatoms. The summed E-state index contributed by atoms with van der Waals surface area (Å²) < 4.78 is 28.8. The Bertz CT molecular complexity index is 345. The summed E-state index contributed by atoms with van der Waals surface area (Å²) in [5, 5.41) is 0. The van der Waals surface area contributed by atoms with Crippen LogP contribution < -0.4 is 0 Å². The molecule has 0 radical (unpaired) electrons. The maximum absolute atomic E-state index is 12.1. The van der Waals surface area contributed by atoms with Crippen molar-refractivity contribution in [1.82, 2.24) is 4.90 Å². The first kappa shape index (κ1) is 12.5. The van der Waals surface area contributed by atoms with Crippen molar-refractivity contribution in [2.45, 2.75) is 38.6 Å². The number of alkyl halides is 2. The number of ether oxygens (including phenoxy) is 1. The third-order valence-electron chi connectivity index (χ3n) is 3.19. The lowest BCUT2D eigenvalue weighted by molar-refractivity contribution is -0.158. The molecule has 1 aromatic rings. The van der Waals surface area contributed by atoms with E-state index in [0.717, 1.165) is 6.54 Å². The van der Waals surface area contributed by atoms with Crippen LogP contribution in [0.4, 0.5) is 8.78 Å². The molecule has 2 atom stereocenters. The first-order chi connectivity index (χ1) is 8.15. The van der Waals surface area contributed by atoms with Gasteiger partial charge in [0.2, 0.25) is 0 Å². The van der Waals surface area contributed by atoms with Crippen LogP contribution in [-0.4, -0.2) is 30.2 Å². The van der Waals surface area contributed by atoms with E-state index in [2.05, 4.69) is 16.6 Å². The maximum atomic E-state index is 12.1. The van der Waals surface area contributed by atoms with Crippen molar-refractivity contribution in [1.29, 1.82) is 0 Å². The number of hydrogen-bond acceptors (Lipinski definition) is 2. The highest BCUT2D eigenvalue weighted by atomic mass is 19.3. The Morgan fingerprint density at radius 1 is 1.35 bits per heavy atom. The minimum atomic E-state index is -2.66. The van der Waals surface area contributed by atoms with Crippen molar-refractivity contribution in [3.8, 4) is 0 Å². The Balaban J connectivity index is 1.90. The SMILES string of the molecule is C[C@H]1C[C@@H](OC(F)F)CN1Cc1ccccc1. The van der Waals surface area contributed by atoms with Gasteiger partial charge in [-0.15, -0.1) is 0 Å². The number of benzene rings is 1. The van der Waals surface area contributed by atoms with Crippen molar-refractivity contribution in [2.24, 2.45) is 0 Å². The third-order valence-corrected chi connectivity index (χ3v) is 3.19. The number of likely N-dealkylation sites (tertiary alicyclic amines) is 1. The van der Waals surface area contributed by atoms with Crippen LogP contribution in [0.3, 0.4) is 0 Å². The van der Waals surface area contributed by atoms with Crippen molar-refractivity contribution in [3.63, 3.8) is 0 Å². The smallest absolute Gasteiger partial charge is 0.318 e. The predicted octanol–water partition coefficient (Wildman–Crippen LogP) is 2.89. The van der Waals surface area contributed by atoms with Crippen LogP contribution in [0.25, 0.3) is 0 Å². The fourth-order valence-corrected chi connectivity index (χ4v) is 2.33. The average molecular weight is 241 g/mol. The van der Waals surface area contributed by atoms with Crippen molar-refractivity contribution in [3.05, 3.63) is 35.9 Å². The van der Waals surface area contributed by atoms with Crippen LogP contribution in [0.1, 0.15) is 18.9 Å². The minimum absolute atomic E-state index is 0.291. The normalized spacial score (nSPS) is 25.6. The molecule has 1 saturated heterocycles. The Kier molecular flexibility index (Phi) is 4.07. The molecule has 1 fully saturated rings. The van der Waals surface area contributed by atoms with Gasteiger partial charge >= 0.3 is 6.61 Å². The summed E-state index contributed by atoms with van der Waals surface area (Å²) in [7, 11) is 0. The molecule has 1 heterocycles. The zero-order valence-corrected chi connectivity index (χ0v) is 9.85. The van der Waals surface area contributed by atoms with Gasteiger partial charge in [-0.05, 0) is 18.9 Å². The third kappa shape index (κ3) is 3.48. The van der Waals surface area contributed by atoms with E-state index in [0.29, 0.717) is 19.0 Å². The molecule has 94 valence electrons. The quantitative estimate of drug-likeness (QED) is 0.803. The molecule has 1 aliphatic heterocycles. The van der Waals surface area contributed by atoms with Gasteiger partial charge in [-0.25, -0.2) is 0 Å². The molecule has 0 aliphatic carbocycles. The van der Waals surface area contributed by atoms with E-state index in [4.69, 9.17) is 0 Å². The Labute approximate surface area is 100 Å². The first-order valence-electron chi connectivity index (χ1n) is 5.86. The van der Waals surface area contributed by atoms with E-state index in [1.165, 1.54) is 5.56 Å². The molecular formula is C13H17F2NO. The van der Waals surface area contributed by atoms with Crippen molar-refractivity contribution in [2.75, 3.05) is 6.54 Å². The largest absolute Gasteiger partial charge is 0.345 e. The molecule has 0 saturated carbocycles. The molecule has 1 aromatic carbocycles. The standard InChI is InChI=1S/C13H17F2NO/c1-10-7-12(17-13(14)15)9-16(10)8-11-5-3-2-4-6-11/h2-6,10,12-13H,7-9H2,1H3/t10-,12+/m0/s1. The molecule has 17 heavy (non-hydrogen) atoms. The van der Waals surface area contributed by atoms with Gasteiger partial charge in [-0.2, -0.15) is 8.78 Å². The van der Waals surface area contributed by atoms with Gasteiger partial charge in [0.05, 0.1) is 6.10 Å². The first-order valence-corrected chi connectivity index (χ1v) is 5.86. The monoisotopic (exact) mass is 241 g/mol. The number of nitrogens with zero attached hydrogens (tertiary/aromatic N) is 1. The van der Waals surface area contributed by atoms with Crippen molar-refractivity contribution >= 4 is 0 Å². The lowest BCUT2D eigenvalue weighted by Gasteiger charge is -2.20. The van der Waals surface area contributed by atoms with Crippen LogP contribution in [0.15, 0.2) is 30.3 Å². The number of hydrogen-bond donors (Lipinski definition) is 0. The highest BCUT2D eigenvalue weighted by Gasteiger charge is 2.31. The Morgan fingerprint density at radius 2 is 2.06 bits per heavy atom. The molecule has 2 rings (SSSR count). The Hall–Kier alpha value is -1.00. The molecule has 2 nitrogen and oxygen atoms in total. The summed E-state index contributed by atoms with van der Waals surface area (Å²) in [6.07, 6.45) is 0.339. The summed E-state index contributed by atoms with van der Waals surface area (Å²) >= 11 is 0.